The highest BCUT2D eigenvalue weighted by Gasteiger charge is 2.24. The minimum Gasteiger partial charge on any atom is -0.311 e. The van der Waals surface area contributed by atoms with Crippen LogP contribution in [0.2, 0.25) is 0 Å². The minimum atomic E-state index is -0.399. The van der Waals surface area contributed by atoms with Crippen molar-refractivity contribution in [1.82, 2.24) is 0 Å². The van der Waals surface area contributed by atoms with Crippen molar-refractivity contribution in [3.8, 4) is 0 Å². The Labute approximate surface area is 152 Å². The predicted octanol–water partition coefficient (Wildman–Crippen LogP) is 4.43. The Morgan fingerprint density at radius 2 is 2.12 bits per heavy atom. The number of thioether (sulfide) groups is 1. The van der Waals surface area contributed by atoms with Crippen molar-refractivity contribution in [1.29, 1.82) is 0 Å². The molecule has 0 aliphatic carbocycles. The van der Waals surface area contributed by atoms with Gasteiger partial charge in [-0.3, -0.25) is 14.9 Å². The van der Waals surface area contributed by atoms with Gasteiger partial charge in [0.25, 0.3) is 5.69 Å². The number of benzene rings is 2. The average molecular weight is 407 g/mol. The van der Waals surface area contributed by atoms with Gasteiger partial charge in [-0.2, -0.15) is 0 Å². The van der Waals surface area contributed by atoms with E-state index in [0.29, 0.717) is 12.3 Å². The van der Waals surface area contributed by atoms with Crippen molar-refractivity contribution in [3.05, 3.63) is 62.6 Å². The maximum atomic E-state index is 12.6. The molecule has 0 saturated heterocycles. The fraction of sp³-hybridized carbons (Fsp3) is 0.235. The summed E-state index contributed by atoms with van der Waals surface area (Å²) in [6, 6.07) is 12.6. The van der Waals surface area contributed by atoms with Gasteiger partial charge in [-0.25, -0.2) is 0 Å². The molecule has 0 radical (unpaired) electrons. The molecule has 0 N–H and O–H groups in total. The van der Waals surface area contributed by atoms with E-state index >= 15 is 0 Å². The van der Waals surface area contributed by atoms with Crippen LogP contribution in [-0.4, -0.2) is 23.1 Å². The average Bonchev–Trinajstić information content (AvgIpc) is 2.58. The van der Waals surface area contributed by atoms with E-state index in [-0.39, 0.29) is 11.6 Å². The molecule has 2 aromatic carbocycles. The zero-order valence-corrected chi connectivity index (χ0v) is 15.2. The molecule has 124 valence electrons. The first kappa shape index (κ1) is 17.0. The molecule has 24 heavy (non-hydrogen) atoms. The molecular formula is C17H15BrN2O3S. The summed E-state index contributed by atoms with van der Waals surface area (Å²) < 4.78 is 0.982. The SMILES string of the molecule is O=C(CSc1cccc(Br)c1)N1CCCc2cc([N+](=O)[O-])ccc21. The number of nitro benzene ring substituents is 1. The number of amides is 1. The molecule has 5 nitrogen and oxygen atoms in total. The van der Waals surface area contributed by atoms with Crippen molar-refractivity contribution in [2.75, 3.05) is 17.2 Å². The van der Waals surface area contributed by atoms with Crippen LogP contribution in [0.5, 0.6) is 0 Å². The van der Waals surface area contributed by atoms with Crippen molar-refractivity contribution in [2.24, 2.45) is 0 Å². The summed E-state index contributed by atoms with van der Waals surface area (Å²) in [7, 11) is 0. The van der Waals surface area contributed by atoms with Crippen LogP contribution in [0.3, 0.4) is 0 Å². The van der Waals surface area contributed by atoms with Gasteiger partial charge in [0, 0.05) is 33.7 Å². The molecule has 1 amide bonds. The van der Waals surface area contributed by atoms with Gasteiger partial charge in [-0.1, -0.05) is 22.0 Å². The lowest BCUT2D eigenvalue weighted by molar-refractivity contribution is -0.384. The molecule has 0 spiro atoms. The Balaban J connectivity index is 1.74. The standard InChI is InChI=1S/C17H15BrN2O3S/c18-13-4-1-5-15(10-13)24-11-17(21)19-8-2-3-12-9-14(20(22)23)6-7-16(12)19/h1,4-7,9-10H,2-3,8,11H2. The van der Waals surface area contributed by atoms with Crippen molar-refractivity contribution in [2.45, 2.75) is 17.7 Å². The van der Waals surface area contributed by atoms with Crippen LogP contribution in [0.1, 0.15) is 12.0 Å². The first-order valence-corrected chi connectivity index (χ1v) is 9.28. The van der Waals surface area contributed by atoms with Crippen molar-refractivity contribution < 1.29 is 9.72 Å². The number of carbonyl (C=O) groups excluding carboxylic acids is 1. The number of hydrogen-bond donors (Lipinski definition) is 0. The zero-order valence-electron chi connectivity index (χ0n) is 12.8. The van der Waals surface area contributed by atoms with Crippen LogP contribution in [0.4, 0.5) is 11.4 Å². The number of carbonyl (C=O) groups is 1. The predicted molar refractivity (Wildman–Crippen MR) is 98.6 cm³/mol. The normalized spacial score (nSPS) is 13.5. The third-order valence-electron chi connectivity index (χ3n) is 3.85. The zero-order chi connectivity index (χ0) is 17.1. The molecule has 0 saturated carbocycles. The van der Waals surface area contributed by atoms with E-state index in [4.69, 9.17) is 0 Å². The summed E-state index contributed by atoms with van der Waals surface area (Å²) in [5.74, 6) is 0.363. The largest absolute Gasteiger partial charge is 0.311 e. The Kier molecular flexibility index (Phi) is 5.20. The van der Waals surface area contributed by atoms with Crippen LogP contribution in [0.25, 0.3) is 0 Å². The molecule has 2 aromatic rings. The Morgan fingerprint density at radius 3 is 2.88 bits per heavy atom. The van der Waals surface area contributed by atoms with Gasteiger partial charge in [0.2, 0.25) is 5.91 Å². The first-order chi connectivity index (χ1) is 11.5. The third kappa shape index (κ3) is 3.79. The van der Waals surface area contributed by atoms with E-state index in [0.717, 1.165) is 33.5 Å². The van der Waals surface area contributed by atoms with Gasteiger partial charge < -0.3 is 4.90 Å². The highest BCUT2D eigenvalue weighted by molar-refractivity contribution is 9.10. The lowest BCUT2D eigenvalue weighted by Gasteiger charge is -2.29. The summed E-state index contributed by atoms with van der Waals surface area (Å²) in [5, 5.41) is 10.9. The molecule has 0 aromatic heterocycles. The topological polar surface area (TPSA) is 63.5 Å². The van der Waals surface area contributed by atoms with E-state index in [1.807, 2.05) is 24.3 Å². The number of anilines is 1. The monoisotopic (exact) mass is 406 g/mol. The van der Waals surface area contributed by atoms with Crippen LogP contribution in [0.15, 0.2) is 51.8 Å². The van der Waals surface area contributed by atoms with Crippen LogP contribution in [0, 0.1) is 10.1 Å². The minimum absolute atomic E-state index is 0.0229. The lowest BCUT2D eigenvalue weighted by atomic mass is 10.0. The van der Waals surface area contributed by atoms with Gasteiger partial charge in [0.1, 0.15) is 0 Å². The fourth-order valence-corrected chi connectivity index (χ4v) is 4.12. The van der Waals surface area contributed by atoms with Gasteiger partial charge in [0.15, 0.2) is 0 Å². The smallest absolute Gasteiger partial charge is 0.269 e. The molecule has 3 rings (SSSR count). The Morgan fingerprint density at radius 1 is 1.29 bits per heavy atom. The Hall–Kier alpha value is -1.86. The number of hydrogen-bond acceptors (Lipinski definition) is 4. The second kappa shape index (κ2) is 7.36. The van der Waals surface area contributed by atoms with Gasteiger partial charge in [-0.15, -0.1) is 11.8 Å². The molecule has 7 heteroatoms. The number of nitro groups is 1. The number of nitrogens with zero attached hydrogens (tertiary/aromatic N) is 2. The highest BCUT2D eigenvalue weighted by atomic mass is 79.9. The van der Waals surface area contributed by atoms with Crippen molar-refractivity contribution in [3.63, 3.8) is 0 Å². The molecule has 1 aliphatic heterocycles. The van der Waals surface area contributed by atoms with Crippen LogP contribution < -0.4 is 4.90 Å². The van der Waals surface area contributed by atoms with Crippen molar-refractivity contribution >= 4 is 45.0 Å². The number of rotatable bonds is 4. The first-order valence-electron chi connectivity index (χ1n) is 7.50. The van der Waals surface area contributed by atoms with Gasteiger partial charge in [-0.05, 0) is 42.7 Å². The summed E-state index contributed by atoms with van der Waals surface area (Å²) in [6.07, 6.45) is 1.58. The lowest BCUT2D eigenvalue weighted by Crippen LogP contribution is -2.36. The van der Waals surface area contributed by atoms with E-state index in [9.17, 15) is 14.9 Å². The molecule has 1 heterocycles. The Bertz CT molecular complexity index is 797. The summed E-state index contributed by atoms with van der Waals surface area (Å²) >= 11 is 4.91. The summed E-state index contributed by atoms with van der Waals surface area (Å²) in [5.41, 5.74) is 1.74. The molecule has 0 atom stereocenters. The van der Waals surface area contributed by atoms with Gasteiger partial charge >= 0.3 is 0 Å². The number of non-ortho nitro benzene ring substituents is 1. The van der Waals surface area contributed by atoms with Crippen LogP contribution >= 0.6 is 27.7 Å². The third-order valence-corrected chi connectivity index (χ3v) is 5.32. The molecule has 0 unspecified atom stereocenters. The molecular weight excluding hydrogens is 392 g/mol. The van der Waals surface area contributed by atoms with E-state index < -0.39 is 4.92 Å². The number of fused-ring (bicyclic) bond motifs is 1. The quantitative estimate of drug-likeness (QED) is 0.427. The van der Waals surface area contributed by atoms with E-state index in [1.165, 1.54) is 17.8 Å². The second-order valence-electron chi connectivity index (χ2n) is 5.47. The number of halogens is 1. The number of aryl methyl sites for hydroxylation is 1. The summed E-state index contributed by atoms with van der Waals surface area (Å²) in [6.45, 7) is 0.655. The van der Waals surface area contributed by atoms with E-state index in [2.05, 4.69) is 15.9 Å². The summed E-state index contributed by atoms with van der Waals surface area (Å²) in [4.78, 5) is 25.9. The second-order valence-corrected chi connectivity index (χ2v) is 7.43. The highest BCUT2D eigenvalue weighted by Crippen LogP contribution is 2.31. The molecule has 0 fully saturated rings. The molecule has 1 aliphatic rings. The maximum absolute atomic E-state index is 12.6. The molecule has 0 bridgehead atoms. The van der Waals surface area contributed by atoms with Gasteiger partial charge in [0.05, 0.1) is 10.7 Å². The van der Waals surface area contributed by atoms with E-state index in [1.54, 1.807) is 17.0 Å². The van der Waals surface area contributed by atoms with Crippen LogP contribution in [-0.2, 0) is 11.2 Å². The maximum Gasteiger partial charge on any atom is 0.269 e. The fourth-order valence-electron chi connectivity index (χ4n) is 2.74.